The summed E-state index contributed by atoms with van der Waals surface area (Å²) in [5.41, 5.74) is 1.42. The Hall–Kier alpha value is -0.310. The Morgan fingerprint density at radius 3 is 1.72 bits per heavy atom. The molecule has 1 aliphatic heterocycles. The minimum atomic E-state index is -4.46. The number of rotatable bonds is 22. The highest BCUT2D eigenvalue weighted by Crippen LogP contribution is 2.47. The van der Waals surface area contributed by atoms with Crippen molar-refractivity contribution in [2.24, 2.45) is 23.7 Å². The van der Waals surface area contributed by atoms with Gasteiger partial charge in [0.2, 0.25) is 0 Å². The van der Waals surface area contributed by atoms with E-state index < -0.39 is 39.0 Å². The van der Waals surface area contributed by atoms with Crippen molar-refractivity contribution in [3.05, 3.63) is 11.6 Å². The summed E-state index contributed by atoms with van der Waals surface area (Å²) < 4.78 is 27.1. The SMILES string of the molecule is CC(C)=CCCC(C)CCCC(C)CCCC(C)CCCC(C)CCOP(=O)(O)O[C@@H]1O[C@H](CO)[C@@H](O)[C@@H]1O. The number of phosphoric acid groups is 1. The second-order valence-electron chi connectivity index (χ2n) is 12.5. The van der Waals surface area contributed by atoms with Crippen LogP contribution in [-0.4, -0.2) is 58.0 Å². The van der Waals surface area contributed by atoms with E-state index in [-0.39, 0.29) is 6.61 Å². The van der Waals surface area contributed by atoms with E-state index in [0.717, 1.165) is 24.7 Å². The zero-order chi connectivity index (χ0) is 29.4. The molecule has 1 rings (SSSR count). The van der Waals surface area contributed by atoms with Gasteiger partial charge < -0.3 is 24.9 Å². The highest BCUT2D eigenvalue weighted by molar-refractivity contribution is 7.47. The highest BCUT2D eigenvalue weighted by atomic mass is 31.2. The fourth-order valence-electron chi connectivity index (χ4n) is 5.16. The maximum atomic E-state index is 12.2. The molecule has 232 valence electrons. The summed E-state index contributed by atoms with van der Waals surface area (Å²) in [6.45, 7) is 13.1. The third kappa shape index (κ3) is 16.7. The molecule has 1 saturated heterocycles. The van der Waals surface area contributed by atoms with Crippen LogP contribution in [0.2, 0.25) is 0 Å². The van der Waals surface area contributed by atoms with Crippen LogP contribution in [0.5, 0.6) is 0 Å². The molecule has 0 amide bonds. The van der Waals surface area contributed by atoms with E-state index >= 15 is 0 Å². The molecule has 0 radical (unpaired) electrons. The molecule has 39 heavy (non-hydrogen) atoms. The van der Waals surface area contributed by atoms with Crippen molar-refractivity contribution in [2.45, 2.75) is 143 Å². The van der Waals surface area contributed by atoms with Gasteiger partial charge in [0.25, 0.3) is 0 Å². The van der Waals surface area contributed by atoms with Crippen molar-refractivity contribution in [1.82, 2.24) is 0 Å². The van der Waals surface area contributed by atoms with Crippen LogP contribution < -0.4 is 0 Å². The first-order valence-corrected chi connectivity index (χ1v) is 16.8. The molecule has 1 aliphatic rings. The molecule has 0 aromatic rings. The van der Waals surface area contributed by atoms with Gasteiger partial charge >= 0.3 is 7.82 Å². The molecule has 0 aromatic carbocycles. The van der Waals surface area contributed by atoms with E-state index in [1.54, 1.807) is 0 Å². The van der Waals surface area contributed by atoms with Gasteiger partial charge in [0, 0.05) is 0 Å². The van der Waals surface area contributed by atoms with E-state index in [2.05, 4.69) is 47.6 Å². The maximum absolute atomic E-state index is 12.2. The van der Waals surface area contributed by atoms with Crippen LogP contribution in [0.3, 0.4) is 0 Å². The van der Waals surface area contributed by atoms with E-state index in [9.17, 15) is 19.7 Å². The summed E-state index contributed by atoms with van der Waals surface area (Å²) in [6, 6.07) is 0. The van der Waals surface area contributed by atoms with Crippen molar-refractivity contribution in [1.29, 1.82) is 0 Å². The minimum absolute atomic E-state index is 0.0470. The van der Waals surface area contributed by atoms with Crippen molar-refractivity contribution >= 4 is 7.82 Å². The van der Waals surface area contributed by atoms with Gasteiger partial charge in [0.15, 0.2) is 6.29 Å². The average Bonchev–Trinajstić information content (AvgIpc) is 3.11. The second-order valence-corrected chi connectivity index (χ2v) is 13.9. The summed E-state index contributed by atoms with van der Waals surface area (Å²) in [7, 11) is -4.46. The Morgan fingerprint density at radius 1 is 0.821 bits per heavy atom. The zero-order valence-corrected chi connectivity index (χ0v) is 26.4. The zero-order valence-electron chi connectivity index (χ0n) is 25.5. The molecule has 8 nitrogen and oxygen atoms in total. The molecule has 5 unspecified atom stereocenters. The molecule has 0 aromatic heterocycles. The van der Waals surface area contributed by atoms with Crippen LogP contribution in [0, 0.1) is 23.7 Å². The predicted molar refractivity (Wildman–Crippen MR) is 156 cm³/mol. The van der Waals surface area contributed by atoms with E-state index in [0.29, 0.717) is 18.3 Å². The molecule has 1 fully saturated rings. The van der Waals surface area contributed by atoms with Gasteiger partial charge in [0.1, 0.15) is 18.3 Å². The van der Waals surface area contributed by atoms with Gasteiger partial charge in [-0.3, -0.25) is 9.05 Å². The van der Waals surface area contributed by atoms with E-state index in [1.807, 2.05) is 0 Å². The lowest BCUT2D eigenvalue weighted by atomic mass is 9.90. The summed E-state index contributed by atoms with van der Waals surface area (Å²) in [4.78, 5) is 9.91. The standard InChI is InChI=1S/C30H59O8P/c1-22(2)11-7-12-23(3)13-8-14-24(4)15-9-16-25(5)17-10-18-26(6)19-20-36-39(34,35)38-30-29(33)28(32)27(21-31)37-30/h11,23-33H,7-10,12-21H2,1-6H3,(H,34,35)/t23?,24?,25?,26?,27-,28-,29+,30+/m1/s1. The monoisotopic (exact) mass is 578 g/mol. The van der Waals surface area contributed by atoms with Gasteiger partial charge in [-0.15, -0.1) is 0 Å². The maximum Gasteiger partial charge on any atom is 0.474 e. The van der Waals surface area contributed by atoms with Crippen LogP contribution in [0.4, 0.5) is 0 Å². The topological polar surface area (TPSA) is 126 Å². The number of aliphatic hydroxyl groups is 3. The number of allylic oxidation sites excluding steroid dienone is 2. The normalized spacial score (nSPS) is 26.1. The number of ether oxygens (including phenoxy) is 1. The Bertz CT molecular complexity index is 713. The molecule has 0 bridgehead atoms. The van der Waals surface area contributed by atoms with Gasteiger partial charge in [-0.25, -0.2) is 4.57 Å². The number of hydrogen-bond donors (Lipinski definition) is 4. The van der Waals surface area contributed by atoms with E-state index in [4.69, 9.17) is 18.9 Å². The van der Waals surface area contributed by atoms with Gasteiger partial charge in [-0.05, 0) is 56.8 Å². The molecule has 4 N–H and O–H groups in total. The molecule has 9 heteroatoms. The fourth-order valence-corrected chi connectivity index (χ4v) is 6.00. The second kappa shape index (κ2) is 19.7. The molecular weight excluding hydrogens is 519 g/mol. The minimum Gasteiger partial charge on any atom is -0.394 e. The van der Waals surface area contributed by atoms with Crippen LogP contribution in [-0.2, 0) is 18.3 Å². The molecule has 9 atom stereocenters. The van der Waals surface area contributed by atoms with Gasteiger partial charge in [0.05, 0.1) is 13.2 Å². The quantitative estimate of drug-likeness (QED) is 0.0821. The van der Waals surface area contributed by atoms with Crippen molar-refractivity contribution in [2.75, 3.05) is 13.2 Å². The van der Waals surface area contributed by atoms with Crippen LogP contribution in [0.15, 0.2) is 11.6 Å². The Balaban J connectivity index is 2.09. The largest absolute Gasteiger partial charge is 0.474 e. The number of hydrogen-bond acceptors (Lipinski definition) is 7. The lowest BCUT2D eigenvalue weighted by molar-refractivity contribution is -0.128. The van der Waals surface area contributed by atoms with Crippen molar-refractivity contribution in [3.63, 3.8) is 0 Å². The Kier molecular flexibility index (Phi) is 18.6. The number of aliphatic hydroxyl groups excluding tert-OH is 3. The summed E-state index contributed by atoms with van der Waals surface area (Å²) in [5, 5.41) is 28.7. The highest BCUT2D eigenvalue weighted by Gasteiger charge is 2.46. The van der Waals surface area contributed by atoms with Gasteiger partial charge in [-0.2, -0.15) is 0 Å². The predicted octanol–water partition coefficient (Wildman–Crippen LogP) is 6.75. The molecule has 0 spiro atoms. The first-order valence-electron chi connectivity index (χ1n) is 15.3. The fraction of sp³-hybridized carbons (Fsp3) is 0.933. The van der Waals surface area contributed by atoms with Crippen molar-refractivity contribution in [3.8, 4) is 0 Å². The first kappa shape index (κ1) is 36.7. The van der Waals surface area contributed by atoms with E-state index in [1.165, 1.54) is 63.4 Å². The molecule has 0 aliphatic carbocycles. The van der Waals surface area contributed by atoms with Crippen molar-refractivity contribution < 1.29 is 38.6 Å². The number of phosphoric ester groups is 1. The van der Waals surface area contributed by atoms with Crippen LogP contribution in [0.25, 0.3) is 0 Å². The first-order chi connectivity index (χ1) is 18.3. The smallest absolute Gasteiger partial charge is 0.394 e. The third-order valence-electron chi connectivity index (χ3n) is 7.99. The molecule has 0 saturated carbocycles. The van der Waals surface area contributed by atoms with Crippen LogP contribution >= 0.6 is 7.82 Å². The third-order valence-corrected chi connectivity index (χ3v) is 8.98. The lowest BCUT2D eigenvalue weighted by Crippen LogP contribution is -2.34. The molecule has 1 heterocycles. The lowest BCUT2D eigenvalue weighted by Gasteiger charge is -2.20. The van der Waals surface area contributed by atoms with Crippen LogP contribution in [0.1, 0.15) is 119 Å². The summed E-state index contributed by atoms with van der Waals surface area (Å²) >= 11 is 0. The molecular formula is C30H59O8P. The average molecular weight is 579 g/mol. The summed E-state index contributed by atoms with van der Waals surface area (Å²) in [5.74, 6) is 2.67. The Labute approximate surface area is 238 Å². The summed E-state index contributed by atoms with van der Waals surface area (Å²) in [6.07, 6.45) is 11.2. The van der Waals surface area contributed by atoms with Gasteiger partial charge in [-0.1, -0.05) is 97.1 Å². The Morgan fingerprint density at radius 2 is 1.28 bits per heavy atom.